The molecule has 0 amide bonds. The Balaban J connectivity index is 0.00000245. The van der Waals surface area contributed by atoms with E-state index < -0.39 is 7.26 Å². The summed E-state index contributed by atoms with van der Waals surface area (Å²) in [6.07, 6.45) is 0.549. The van der Waals surface area contributed by atoms with Crippen LogP contribution in [0.4, 0.5) is 0 Å². The fourth-order valence-electron chi connectivity index (χ4n) is 3.91. The van der Waals surface area contributed by atoms with E-state index in [4.69, 9.17) is 16.6 Å². The Morgan fingerprint density at radius 1 is 0.812 bits per heavy atom. The van der Waals surface area contributed by atoms with Gasteiger partial charge in [0.25, 0.3) is 5.56 Å². The van der Waals surface area contributed by atoms with E-state index in [-0.39, 0.29) is 23.0 Å². The van der Waals surface area contributed by atoms with E-state index in [1.807, 2.05) is 18.2 Å². The smallest absolute Gasteiger partial charge is 0.294 e. The van der Waals surface area contributed by atoms with Crippen molar-refractivity contribution in [2.24, 2.45) is 0 Å². The lowest BCUT2D eigenvalue weighted by Crippen LogP contribution is -3.00. The van der Waals surface area contributed by atoms with E-state index in [1.165, 1.54) is 31.8 Å². The van der Waals surface area contributed by atoms with Crippen LogP contribution >= 0.6 is 30.2 Å². The Morgan fingerprint density at radius 3 is 1.75 bits per heavy atom. The number of hydrogen-bond acceptors (Lipinski definition) is 4. The third-order valence-electron chi connectivity index (χ3n) is 5.34. The van der Waals surface area contributed by atoms with Crippen molar-refractivity contribution in [3.63, 3.8) is 0 Å². The Bertz CT molecular complexity index is 1300. The minimum absolute atomic E-state index is 0. The van der Waals surface area contributed by atoms with Crippen LogP contribution in [0.1, 0.15) is 5.69 Å². The third-order valence-corrected chi connectivity index (χ3v) is 10.7. The number of nitrogens with zero attached hydrogens (tertiary/aromatic N) is 3. The maximum Gasteiger partial charge on any atom is 0.294 e. The highest BCUT2D eigenvalue weighted by Gasteiger charge is 2.46. The molecule has 3 aromatic carbocycles. The van der Waals surface area contributed by atoms with Gasteiger partial charge in [-0.15, -0.1) is 0 Å². The minimum atomic E-state index is -2.19. The van der Waals surface area contributed by atoms with Crippen LogP contribution in [-0.4, -0.2) is 14.6 Å². The minimum Gasteiger partial charge on any atom is -1.00 e. The van der Waals surface area contributed by atoms with E-state index in [0.29, 0.717) is 16.8 Å². The average molecular weight is 498 g/mol. The summed E-state index contributed by atoms with van der Waals surface area (Å²) in [6.45, 7) is 0. The second kappa shape index (κ2) is 9.51. The first-order valence-electron chi connectivity index (χ1n) is 9.76. The van der Waals surface area contributed by atoms with Crippen molar-refractivity contribution in [3.05, 3.63) is 118 Å². The number of halogens is 2. The van der Waals surface area contributed by atoms with Crippen molar-refractivity contribution in [2.75, 3.05) is 0 Å². The molecule has 0 bridgehead atoms. The van der Waals surface area contributed by atoms with E-state index >= 15 is 0 Å². The van der Waals surface area contributed by atoms with Crippen molar-refractivity contribution in [2.45, 2.75) is 6.16 Å². The molecule has 8 heteroatoms. The van der Waals surface area contributed by atoms with Gasteiger partial charge in [0.2, 0.25) is 4.96 Å². The summed E-state index contributed by atoms with van der Waals surface area (Å²) in [7, 11) is -2.19. The number of benzene rings is 3. The van der Waals surface area contributed by atoms with Crippen LogP contribution in [0, 0.1) is 0 Å². The van der Waals surface area contributed by atoms with Crippen molar-refractivity contribution in [3.8, 4) is 0 Å². The Hall–Kier alpha value is -2.56. The molecule has 0 spiro atoms. The van der Waals surface area contributed by atoms with E-state index in [0.717, 1.165) is 0 Å². The lowest BCUT2D eigenvalue weighted by Gasteiger charge is -2.27. The van der Waals surface area contributed by atoms with E-state index in [9.17, 15) is 4.79 Å². The molecule has 0 fully saturated rings. The highest BCUT2D eigenvalue weighted by molar-refractivity contribution is 7.95. The van der Waals surface area contributed by atoms with Crippen molar-refractivity contribution < 1.29 is 12.4 Å². The van der Waals surface area contributed by atoms with Gasteiger partial charge in [-0.1, -0.05) is 77.5 Å². The largest absolute Gasteiger partial charge is 1.00 e. The predicted octanol–water partition coefficient (Wildman–Crippen LogP) is 1.30. The monoisotopic (exact) mass is 497 g/mol. The first-order chi connectivity index (χ1) is 15.2. The van der Waals surface area contributed by atoms with Crippen molar-refractivity contribution >= 4 is 51.1 Å². The SMILES string of the molecule is O=c1c(Cl)c(C[P+](c2ccccc2)(c2ccccc2)c2ccccc2)nc2scnn12.[Cl-]. The van der Waals surface area contributed by atoms with Gasteiger partial charge < -0.3 is 12.4 Å². The van der Waals surface area contributed by atoms with Gasteiger partial charge in [0.15, 0.2) is 0 Å². The first kappa shape index (κ1) is 22.6. The predicted molar refractivity (Wildman–Crippen MR) is 131 cm³/mol. The molecule has 0 atom stereocenters. The normalized spacial score (nSPS) is 11.3. The van der Waals surface area contributed by atoms with E-state index in [1.54, 1.807) is 5.51 Å². The number of fused-ring (bicyclic) bond motifs is 1. The zero-order valence-corrected chi connectivity index (χ0v) is 20.0. The summed E-state index contributed by atoms with van der Waals surface area (Å²) in [5, 5.41) is 7.86. The van der Waals surface area contributed by atoms with Crippen LogP contribution in [0.15, 0.2) is 101 Å². The molecule has 0 aliphatic rings. The van der Waals surface area contributed by atoms with Crippen LogP contribution in [0.5, 0.6) is 0 Å². The molecular formula is C24H18Cl2N3OPS. The molecule has 4 nitrogen and oxygen atoms in total. The molecule has 2 heterocycles. The fraction of sp³-hybridized carbons (Fsp3) is 0.0417. The number of hydrogen-bond donors (Lipinski definition) is 0. The molecule has 160 valence electrons. The lowest BCUT2D eigenvalue weighted by atomic mass is 10.3. The molecule has 0 aliphatic carbocycles. The molecule has 0 saturated carbocycles. The number of rotatable bonds is 5. The molecule has 2 aromatic heterocycles. The summed E-state index contributed by atoms with van der Waals surface area (Å²) in [4.78, 5) is 18.2. The maximum atomic E-state index is 12.9. The van der Waals surface area contributed by atoms with Crippen LogP contribution in [0.25, 0.3) is 4.96 Å². The van der Waals surface area contributed by atoms with Gasteiger partial charge in [-0.2, -0.15) is 9.61 Å². The molecule has 0 N–H and O–H groups in total. The van der Waals surface area contributed by atoms with Gasteiger partial charge in [-0.05, 0) is 36.4 Å². The van der Waals surface area contributed by atoms with Gasteiger partial charge >= 0.3 is 0 Å². The molecule has 0 unspecified atom stereocenters. The van der Waals surface area contributed by atoms with Crippen molar-refractivity contribution in [1.29, 1.82) is 0 Å². The van der Waals surface area contributed by atoms with Gasteiger partial charge in [-0.25, -0.2) is 4.98 Å². The van der Waals surface area contributed by atoms with Crippen LogP contribution in [0.2, 0.25) is 5.02 Å². The summed E-state index contributed by atoms with van der Waals surface area (Å²) in [5.74, 6) is 0. The van der Waals surface area contributed by atoms with Crippen LogP contribution in [0.3, 0.4) is 0 Å². The zero-order chi connectivity index (χ0) is 21.3. The van der Waals surface area contributed by atoms with Gasteiger partial charge in [0.05, 0.1) is 0 Å². The molecule has 5 aromatic rings. The molecule has 0 aliphatic heterocycles. The molecule has 0 radical (unpaired) electrons. The lowest BCUT2D eigenvalue weighted by molar-refractivity contribution is -0.00000606. The molecular weight excluding hydrogens is 480 g/mol. The maximum absolute atomic E-state index is 12.9. The Labute approximate surface area is 201 Å². The van der Waals surface area contributed by atoms with Gasteiger partial charge in [0.1, 0.15) is 45.6 Å². The Morgan fingerprint density at radius 2 is 1.28 bits per heavy atom. The van der Waals surface area contributed by atoms with Gasteiger partial charge in [-0.3, -0.25) is 4.79 Å². The summed E-state index contributed by atoms with van der Waals surface area (Å²) < 4.78 is 1.27. The second-order valence-electron chi connectivity index (χ2n) is 7.09. The standard InChI is InChI=1S/C24H18ClN3OPS.ClH/c25-22-21(27-24-28(23(22)29)26-17-31-24)16-30(18-10-4-1-5-11-18,19-12-6-2-7-13-19)20-14-8-3-9-15-20;/h1-15,17H,16H2;1H/q+1;/p-1. The molecule has 32 heavy (non-hydrogen) atoms. The average Bonchev–Trinajstić information content (AvgIpc) is 3.31. The molecule has 0 saturated heterocycles. The van der Waals surface area contributed by atoms with Crippen LogP contribution in [-0.2, 0) is 6.16 Å². The Kier molecular flexibility index (Phi) is 6.73. The van der Waals surface area contributed by atoms with Crippen molar-refractivity contribution in [1.82, 2.24) is 14.6 Å². The van der Waals surface area contributed by atoms with Crippen LogP contribution < -0.4 is 33.9 Å². The summed E-state index contributed by atoms with van der Waals surface area (Å²) in [5.41, 5.74) is 1.90. The highest BCUT2D eigenvalue weighted by atomic mass is 35.5. The quantitative estimate of drug-likeness (QED) is 0.344. The number of aromatic nitrogens is 3. The third kappa shape index (κ3) is 3.87. The van der Waals surface area contributed by atoms with E-state index in [2.05, 4.69) is 77.9 Å². The second-order valence-corrected chi connectivity index (χ2v) is 11.8. The zero-order valence-electron chi connectivity index (χ0n) is 16.8. The topological polar surface area (TPSA) is 47.3 Å². The summed E-state index contributed by atoms with van der Waals surface area (Å²) >= 11 is 7.92. The summed E-state index contributed by atoms with van der Waals surface area (Å²) in [6, 6.07) is 31.4. The first-order valence-corrected chi connectivity index (χ1v) is 13.0. The highest BCUT2D eigenvalue weighted by Crippen LogP contribution is 2.58. The molecule has 5 rings (SSSR count). The fourth-order valence-corrected chi connectivity index (χ4v) is 8.98. The van der Waals surface area contributed by atoms with Gasteiger partial charge in [0, 0.05) is 0 Å².